The minimum Gasteiger partial charge on any atom is -0.464 e. The number of esters is 1. The molecule has 0 spiro atoms. The second-order valence-electron chi connectivity index (χ2n) is 7.57. The molecule has 1 fully saturated rings. The van der Waals surface area contributed by atoms with Gasteiger partial charge in [0.05, 0.1) is 24.5 Å². The molecule has 1 unspecified atom stereocenters. The SMILES string of the molecule is CCC(C)[C@H](N)C(=O)OC[C@H]1C[C@@H](C2=CCc3c(N)ncnc32)[C@H](O)[C@@H]1O. The molecule has 27 heavy (non-hydrogen) atoms. The first kappa shape index (κ1) is 19.7. The van der Waals surface area contributed by atoms with Crippen LogP contribution in [0.15, 0.2) is 12.4 Å². The number of fused-ring (bicyclic) bond motifs is 1. The van der Waals surface area contributed by atoms with Gasteiger partial charge in [-0.1, -0.05) is 26.3 Å². The summed E-state index contributed by atoms with van der Waals surface area (Å²) in [7, 11) is 0. The summed E-state index contributed by atoms with van der Waals surface area (Å²) in [5.74, 6) is -0.663. The molecule has 6 N–H and O–H groups in total. The van der Waals surface area contributed by atoms with E-state index < -0.39 is 24.2 Å². The molecule has 2 aliphatic rings. The van der Waals surface area contributed by atoms with Crippen molar-refractivity contribution in [2.24, 2.45) is 23.5 Å². The van der Waals surface area contributed by atoms with Crippen molar-refractivity contribution in [3.63, 3.8) is 0 Å². The summed E-state index contributed by atoms with van der Waals surface area (Å²) in [4.78, 5) is 20.4. The average Bonchev–Trinajstić information content (AvgIpc) is 3.21. The van der Waals surface area contributed by atoms with Crippen LogP contribution in [0.25, 0.3) is 5.57 Å². The summed E-state index contributed by atoms with van der Waals surface area (Å²) < 4.78 is 5.33. The zero-order chi connectivity index (χ0) is 19.7. The lowest BCUT2D eigenvalue weighted by atomic mass is 9.93. The Bertz CT molecular complexity index is 738. The Morgan fingerprint density at radius 3 is 2.81 bits per heavy atom. The fourth-order valence-corrected chi connectivity index (χ4v) is 3.88. The first-order chi connectivity index (χ1) is 12.8. The highest BCUT2D eigenvalue weighted by molar-refractivity contribution is 5.76. The summed E-state index contributed by atoms with van der Waals surface area (Å²) in [6.07, 6.45) is 3.33. The normalized spacial score (nSPS) is 29.1. The molecule has 2 aliphatic carbocycles. The van der Waals surface area contributed by atoms with Gasteiger partial charge in [0.2, 0.25) is 0 Å². The maximum atomic E-state index is 12.1. The standard InChI is InChI=1S/C19H28N4O4/c1-3-9(2)14(20)19(26)27-7-10-6-13(17(25)16(10)24)11-4-5-12-15(11)22-8-23-18(12)21/h4,8-10,13-14,16-17,24-25H,3,5-7,20H2,1-2H3,(H2,21,22,23)/t9?,10-,13+,14+,16-,17+/m1/s1. The summed E-state index contributed by atoms with van der Waals surface area (Å²) in [5.41, 5.74) is 14.2. The number of rotatable bonds is 6. The van der Waals surface area contributed by atoms with Gasteiger partial charge in [0, 0.05) is 17.4 Å². The Hall–Kier alpha value is -2.03. The van der Waals surface area contributed by atoms with Gasteiger partial charge in [-0.2, -0.15) is 0 Å². The number of carbonyl (C=O) groups is 1. The van der Waals surface area contributed by atoms with Crippen molar-refractivity contribution in [1.29, 1.82) is 0 Å². The van der Waals surface area contributed by atoms with Gasteiger partial charge in [-0.25, -0.2) is 9.97 Å². The van der Waals surface area contributed by atoms with Crippen LogP contribution < -0.4 is 11.5 Å². The number of ether oxygens (including phenoxy) is 1. The minimum absolute atomic E-state index is 0.0228. The highest BCUT2D eigenvalue weighted by Gasteiger charge is 2.45. The van der Waals surface area contributed by atoms with Crippen molar-refractivity contribution in [3.8, 4) is 0 Å². The van der Waals surface area contributed by atoms with Crippen LogP contribution in [-0.4, -0.2) is 51.0 Å². The molecule has 1 heterocycles. The Morgan fingerprint density at radius 2 is 2.11 bits per heavy atom. The molecule has 1 aromatic heterocycles. The van der Waals surface area contributed by atoms with E-state index in [2.05, 4.69) is 9.97 Å². The Kier molecular flexibility index (Phi) is 5.78. The number of nitrogens with zero attached hydrogens (tertiary/aromatic N) is 2. The molecule has 0 radical (unpaired) electrons. The molecule has 8 nitrogen and oxygen atoms in total. The fourth-order valence-electron chi connectivity index (χ4n) is 3.88. The average molecular weight is 376 g/mol. The van der Waals surface area contributed by atoms with E-state index in [-0.39, 0.29) is 24.4 Å². The number of nitrogens with two attached hydrogens (primary N) is 2. The topological polar surface area (TPSA) is 145 Å². The maximum absolute atomic E-state index is 12.1. The molecule has 0 amide bonds. The number of anilines is 1. The number of carbonyl (C=O) groups excluding carboxylic acids is 1. The zero-order valence-corrected chi connectivity index (χ0v) is 15.7. The van der Waals surface area contributed by atoms with Gasteiger partial charge in [-0.05, 0) is 24.3 Å². The Morgan fingerprint density at radius 1 is 1.37 bits per heavy atom. The molecule has 0 bridgehead atoms. The van der Waals surface area contributed by atoms with Gasteiger partial charge >= 0.3 is 5.97 Å². The smallest absolute Gasteiger partial charge is 0.323 e. The highest BCUT2D eigenvalue weighted by atomic mass is 16.5. The van der Waals surface area contributed by atoms with E-state index in [9.17, 15) is 15.0 Å². The molecule has 6 atom stereocenters. The quantitative estimate of drug-likeness (QED) is 0.518. The Balaban J connectivity index is 1.66. The van der Waals surface area contributed by atoms with E-state index in [0.29, 0.717) is 18.7 Å². The number of hydrogen-bond acceptors (Lipinski definition) is 8. The van der Waals surface area contributed by atoms with Crippen molar-refractivity contribution in [1.82, 2.24) is 9.97 Å². The largest absolute Gasteiger partial charge is 0.464 e. The van der Waals surface area contributed by atoms with E-state index in [1.165, 1.54) is 6.33 Å². The van der Waals surface area contributed by atoms with Crippen LogP contribution in [0.5, 0.6) is 0 Å². The lowest BCUT2D eigenvalue weighted by Crippen LogP contribution is -2.39. The molecular formula is C19H28N4O4. The molecule has 1 saturated carbocycles. The molecule has 3 rings (SSSR count). The monoisotopic (exact) mass is 376 g/mol. The van der Waals surface area contributed by atoms with Crippen LogP contribution in [0.1, 0.15) is 37.9 Å². The first-order valence-electron chi connectivity index (χ1n) is 9.43. The van der Waals surface area contributed by atoms with Gasteiger partial charge in [0.15, 0.2) is 0 Å². The third-order valence-electron chi connectivity index (χ3n) is 5.95. The molecule has 0 aromatic carbocycles. The minimum atomic E-state index is -0.980. The number of aromatic nitrogens is 2. The maximum Gasteiger partial charge on any atom is 0.323 e. The van der Waals surface area contributed by atoms with E-state index >= 15 is 0 Å². The summed E-state index contributed by atoms with van der Waals surface area (Å²) >= 11 is 0. The number of nitrogen functional groups attached to an aromatic ring is 1. The van der Waals surface area contributed by atoms with Crippen LogP contribution in [0.3, 0.4) is 0 Å². The lowest BCUT2D eigenvalue weighted by molar-refractivity contribution is -0.149. The van der Waals surface area contributed by atoms with Gasteiger partial charge in [-0.15, -0.1) is 0 Å². The molecule has 8 heteroatoms. The van der Waals surface area contributed by atoms with Gasteiger partial charge < -0.3 is 26.4 Å². The van der Waals surface area contributed by atoms with Crippen molar-refractivity contribution >= 4 is 17.4 Å². The van der Waals surface area contributed by atoms with Gasteiger partial charge in [-0.3, -0.25) is 4.79 Å². The number of aliphatic hydroxyl groups excluding tert-OH is 2. The van der Waals surface area contributed by atoms with Crippen molar-refractivity contribution < 1.29 is 19.7 Å². The number of allylic oxidation sites excluding steroid dienone is 1. The van der Waals surface area contributed by atoms with E-state index in [1.54, 1.807) is 0 Å². The van der Waals surface area contributed by atoms with Gasteiger partial charge in [0.25, 0.3) is 0 Å². The van der Waals surface area contributed by atoms with E-state index in [0.717, 1.165) is 23.3 Å². The summed E-state index contributed by atoms with van der Waals surface area (Å²) in [6.45, 7) is 3.89. The molecular weight excluding hydrogens is 348 g/mol. The van der Waals surface area contributed by atoms with E-state index in [1.807, 2.05) is 19.9 Å². The molecule has 148 valence electrons. The van der Waals surface area contributed by atoms with Crippen LogP contribution >= 0.6 is 0 Å². The number of hydrogen-bond donors (Lipinski definition) is 4. The van der Waals surface area contributed by atoms with Crippen molar-refractivity contribution in [3.05, 3.63) is 23.7 Å². The molecule has 1 aromatic rings. The van der Waals surface area contributed by atoms with Crippen molar-refractivity contribution in [2.75, 3.05) is 12.3 Å². The highest BCUT2D eigenvalue weighted by Crippen LogP contribution is 2.43. The van der Waals surface area contributed by atoms with Crippen LogP contribution in [-0.2, 0) is 16.0 Å². The predicted octanol–water partition coefficient (Wildman–Crippen LogP) is 0.273. The third-order valence-corrected chi connectivity index (χ3v) is 5.95. The summed E-state index contributed by atoms with van der Waals surface area (Å²) in [5, 5.41) is 21.0. The van der Waals surface area contributed by atoms with Crippen molar-refractivity contribution in [2.45, 2.75) is 51.4 Å². The zero-order valence-electron chi connectivity index (χ0n) is 15.7. The molecule has 0 saturated heterocycles. The predicted molar refractivity (Wildman–Crippen MR) is 100 cm³/mol. The van der Waals surface area contributed by atoms with Gasteiger partial charge in [0.1, 0.15) is 18.2 Å². The Labute approximate surface area is 158 Å². The van der Waals surface area contributed by atoms with E-state index in [4.69, 9.17) is 16.2 Å². The lowest BCUT2D eigenvalue weighted by Gasteiger charge is -2.20. The molecule has 0 aliphatic heterocycles. The first-order valence-corrected chi connectivity index (χ1v) is 9.43. The fraction of sp³-hybridized carbons (Fsp3) is 0.632. The second-order valence-corrected chi connectivity index (χ2v) is 7.57. The number of aliphatic hydroxyl groups is 2. The second kappa shape index (κ2) is 7.92. The van der Waals surface area contributed by atoms with Crippen LogP contribution in [0.2, 0.25) is 0 Å². The van der Waals surface area contributed by atoms with Crippen LogP contribution in [0, 0.1) is 17.8 Å². The van der Waals surface area contributed by atoms with Crippen LogP contribution in [0.4, 0.5) is 5.82 Å². The summed E-state index contributed by atoms with van der Waals surface area (Å²) in [6, 6.07) is -0.682. The third kappa shape index (κ3) is 3.69.